The number of anilines is 1. The van der Waals surface area contributed by atoms with E-state index in [0.717, 1.165) is 4.57 Å². The van der Waals surface area contributed by atoms with Gasteiger partial charge in [0.1, 0.15) is 24.1 Å². The molecule has 1 aliphatic heterocycles. The van der Waals surface area contributed by atoms with Crippen molar-refractivity contribution in [1.82, 2.24) is 9.55 Å². The fourth-order valence-corrected chi connectivity index (χ4v) is 2.44. The number of hydrogen-bond acceptors (Lipinski definition) is 9. The summed E-state index contributed by atoms with van der Waals surface area (Å²) in [5.41, 5.74) is -0.831. The molecule has 11 nitrogen and oxygen atoms in total. The largest absolute Gasteiger partial charge is 0.466 e. The Morgan fingerprint density at radius 2 is 2.08 bits per heavy atom. The maximum absolute atomic E-state index is 12.1. The first kappa shape index (κ1) is 20.0. The molecule has 0 radical (unpaired) electrons. The molecule has 4 atom stereocenters. The van der Waals surface area contributed by atoms with E-state index in [9.17, 15) is 24.6 Å². The van der Waals surface area contributed by atoms with E-state index in [0.29, 0.717) is 0 Å². The number of carbonyl (C=O) groups excluding carboxylic acids is 2. The Bertz CT molecular complexity index is 706. The van der Waals surface area contributed by atoms with Gasteiger partial charge in [-0.1, -0.05) is 0 Å². The fourth-order valence-electron chi connectivity index (χ4n) is 2.44. The number of carbonyl (C=O) groups is 2. The highest BCUT2D eigenvalue weighted by Crippen LogP contribution is 2.28. The van der Waals surface area contributed by atoms with E-state index in [1.807, 2.05) is 0 Å². The van der Waals surface area contributed by atoms with Crippen molar-refractivity contribution in [2.24, 2.45) is 0 Å². The van der Waals surface area contributed by atoms with Crippen LogP contribution in [0, 0.1) is 0 Å². The van der Waals surface area contributed by atoms with Crippen LogP contribution in [0.25, 0.3) is 0 Å². The lowest BCUT2D eigenvalue weighted by atomic mass is 10.1. The predicted molar refractivity (Wildman–Crippen MR) is 86.0 cm³/mol. The van der Waals surface area contributed by atoms with Crippen LogP contribution in [0.3, 0.4) is 0 Å². The number of ether oxygens (including phenoxy) is 2. The Balaban J connectivity index is 2.00. The van der Waals surface area contributed by atoms with E-state index in [-0.39, 0.29) is 25.3 Å². The van der Waals surface area contributed by atoms with Gasteiger partial charge in [0, 0.05) is 12.6 Å². The summed E-state index contributed by atoms with van der Waals surface area (Å²) in [5, 5.41) is 31.1. The standard InChI is InChI=1S/C15H21N3O8/c1-2-25-11(21)4-3-10(20)16-9-5-6-18(15(24)17-9)14-13(23)12(22)8(7-19)26-14/h5-6,8,12-14,19,22-23H,2-4,7H2,1H3,(H,16,17,20,24)/t8-,12?,13?,14-/m1/s1. The predicted octanol–water partition coefficient (Wildman–Crippen LogP) is -1.86. The van der Waals surface area contributed by atoms with Crippen LogP contribution < -0.4 is 11.0 Å². The Hall–Kier alpha value is -2.34. The van der Waals surface area contributed by atoms with E-state index < -0.39 is 48.7 Å². The van der Waals surface area contributed by atoms with Crippen LogP contribution in [0.1, 0.15) is 26.0 Å². The molecule has 144 valence electrons. The van der Waals surface area contributed by atoms with E-state index in [1.165, 1.54) is 12.3 Å². The monoisotopic (exact) mass is 371 g/mol. The molecule has 2 heterocycles. The molecule has 1 fully saturated rings. The normalized spacial score (nSPS) is 25.1. The number of nitrogens with one attached hydrogen (secondary N) is 1. The highest BCUT2D eigenvalue weighted by Gasteiger charge is 2.43. The van der Waals surface area contributed by atoms with Crippen LogP contribution >= 0.6 is 0 Å². The molecule has 0 aromatic carbocycles. The number of esters is 1. The highest BCUT2D eigenvalue weighted by molar-refractivity contribution is 5.91. The van der Waals surface area contributed by atoms with Crippen molar-refractivity contribution in [3.8, 4) is 0 Å². The van der Waals surface area contributed by atoms with Gasteiger partial charge in [0.05, 0.1) is 19.6 Å². The molecule has 2 rings (SSSR count). The molecule has 1 saturated heterocycles. The zero-order chi connectivity index (χ0) is 19.3. The second-order valence-electron chi connectivity index (χ2n) is 5.58. The third-order valence-electron chi connectivity index (χ3n) is 3.75. The summed E-state index contributed by atoms with van der Waals surface area (Å²) in [6.45, 7) is 1.36. The molecule has 26 heavy (non-hydrogen) atoms. The van der Waals surface area contributed by atoms with Gasteiger partial charge in [-0.2, -0.15) is 4.98 Å². The first-order valence-corrected chi connectivity index (χ1v) is 8.04. The number of hydrogen-bond donors (Lipinski definition) is 4. The molecule has 1 amide bonds. The van der Waals surface area contributed by atoms with E-state index in [4.69, 9.17) is 14.6 Å². The van der Waals surface area contributed by atoms with Gasteiger partial charge >= 0.3 is 11.7 Å². The van der Waals surface area contributed by atoms with Gasteiger partial charge in [-0.25, -0.2) is 4.79 Å². The number of aliphatic hydroxyl groups excluding tert-OH is 3. The number of rotatable bonds is 7. The molecule has 1 aromatic heterocycles. The number of amides is 1. The van der Waals surface area contributed by atoms with Gasteiger partial charge in [0.15, 0.2) is 6.23 Å². The lowest BCUT2D eigenvalue weighted by Crippen LogP contribution is -2.36. The minimum absolute atomic E-state index is 0.0353. The average molecular weight is 371 g/mol. The topological polar surface area (TPSA) is 160 Å². The molecule has 0 spiro atoms. The van der Waals surface area contributed by atoms with Crippen molar-refractivity contribution in [2.75, 3.05) is 18.5 Å². The van der Waals surface area contributed by atoms with Crippen molar-refractivity contribution >= 4 is 17.7 Å². The number of aromatic nitrogens is 2. The van der Waals surface area contributed by atoms with E-state index >= 15 is 0 Å². The van der Waals surface area contributed by atoms with Gasteiger partial charge < -0.3 is 30.1 Å². The van der Waals surface area contributed by atoms with E-state index in [1.54, 1.807) is 6.92 Å². The van der Waals surface area contributed by atoms with Crippen molar-refractivity contribution in [3.05, 3.63) is 22.7 Å². The van der Waals surface area contributed by atoms with Gasteiger partial charge in [0.2, 0.25) is 5.91 Å². The average Bonchev–Trinajstić information content (AvgIpc) is 2.88. The van der Waals surface area contributed by atoms with Crippen LogP contribution in [0.4, 0.5) is 5.82 Å². The summed E-state index contributed by atoms with van der Waals surface area (Å²) >= 11 is 0. The van der Waals surface area contributed by atoms with Gasteiger partial charge in [0.25, 0.3) is 0 Å². The molecule has 2 unspecified atom stereocenters. The molecule has 0 bridgehead atoms. The fraction of sp³-hybridized carbons (Fsp3) is 0.600. The lowest BCUT2D eigenvalue weighted by Gasteiger charge is -2.17. The third-order valence-corrected chi connectivity index (χ3v) is 3.75. The van der Waals surface area contributed by atoms with Crippen molar-refractivity contribution in [3.63, 3.8) is 0 Å². The SMILES string of the molecule is CCOC(=O)CCC(=O)Nc1ccn([C@@H]2O[C@H](CO)C(O)C2O)c(=O)n1. The Morgan fingerprint density at radius 3 is 2.65 bits per heavy atom. The smallest absolute Gasteiger partial charge is 0.351 e. The maximum atomic E-state index is 12.1. The maximum Gasteiger partial charge on any atom is 0.351 e. The van der Waals surface area contributed by atoms with E-state index in [2.05, 4.69) is 10.3 Å². The molecular formula is C15H21N3O8. The van der Waals surface area contributed by atoms with Crippen LogP contribution in [0.5, 0.6) is 0 Å². The second kappa shape index (κ2) is 8.85. The van der Waals surface area contributed by atoms with Gasteiger partial charge in [-0.3, -0.25) is 14.2 Å². The summed E-state index contributed by atoms with van der Waals surface area (Å²) < 4.78 is 10.9. The minimum Gasteiger partial charge on any atom is -0.466 e. The highest BCUT2D eigenvalue weighted by atomic mass is 16.6. The van der Waals surface area contributed by atoms with Crippen molar-refractivity contribution < 1.29 is 34.4 Å². The minimum atomic E-state index is -1.42. The summed E-state index contributed by atoms with van der Waals surface area (Å²) in [4.78, 5) is 38.7. The molecule has 1 aliphatic rings. The summed E-state index contributed by atoms with van der Waals surface area (Å²) in [6, 6.07) is 1.30. The van der Waals surface area contributed by atoms with Crippen LogP contribution in [0.2, 0.25) is 0 Å². The lowest BCUT2D eigenvalue weighted by molar-refractivity contribution is -0.144. The molecular weight excluding hydrogens is 350 g/mol. The van der Waals surface area contributed by atoms with Crippen LogP contribution in [-0.4, -0.2) is 68.3 Å². The summed E-state index contributed by atoms with van der Waals surface area (Å²) in [7, 11) is 0. The van der Waals surface area contributed by atoms with Crippen LogP contribution in [-0.2, 0) is 19.1 Å². The first-order valence-electron chi connectivity index (χ1n) is 8.04. The van der Waals surface area contributed by atoms with Gasteiger partial charge in [-0.05, 0) is 13.0 Å². The zero-order valence-corrected chi connectivity index (χ0v) is 14.1. The molecule has 4 N–H and O–H groups in total. The van der Waals surface area contributed by atoms with Crippen molar-refractivity contribution in [1.29, 1.82) is 0 Å². The van der Waals surface area contributed by atoms with Crippen molar-refractivity contribution in [2.45, 2.75) is 44.3 Å². The number of nitrogens with zero attached hydrogens (tertiary/aromatic N) is 2. The molecule has 11 heteroatoms. The van der Waals surface area contributed by atoms with Crippen LogP contribution in [0.15, 0.2) is 17.1 Å². The van der Waals surface area contributed by atoms with Gasteiger partial charge in [-0.15, -0.1) is 0 Å². The summed E-state index contributed by atoms with van der Waals surface area (Å²) in [5.74, 6) is -1.06. The first-order chi connectivity index (χ1) is 12.4. The molecule has 1 aromatic rings. The Kier molecular flexibility index (Phi) is 6.80. The third kappa shape index (κ3) is 4.64. The zero-order valence-electron chi connectivity index (χ0n) is 14.1. The summed E-state index contributed by atoms with van der Waals surface area (Å²) in [6.07, 6.45) is -4.00. The Labute approximate surface area is 148 Å². The second-order valence-corrected chi connectivity index (χ2v) is 5.58. The Morgan fingerprint density at radius 1 is 1.35 bits per heavy atom. The number of aliphatic hydroxyl groups is 3. The quantitative estimate of drug-likeness (QED) is 0.403. The molecule has 0 saturated carbocycles. The molecule has 0 aliphatic carbocycles.